The number of nitrogens with zero attached hydrogens (tertiary/aromatic N) is 3. The standard InChI is InChI=1S/C25H32FN3O2/c1-28(2)23-16-19(9-12-27-23)21-7-5-13-29(18-21)24(30)25(10-14-31-15-11-25)17-20-6-3-4-8-22(20)26/h3-4,6,8-9,12,16,21H,5,7,10-11,13-15,17-18H2,1-2H3/t21-/m1/s1. The molecule has 2 aromatic rings. The molecule has 1 aromatic heterocycles. The Balaban J connectivity index is 1.55. The number of carbonyl (C=O) groups excluding carboxylic acids is 1. The Bertz CT molecular complexity index is 911. The van der Waals surface area contributed by atoms with Gasteiger partial charge in [-0.1, -0.05) is 18.2 Å². The predicted octanol–water partition coefficient (Wildman–Crippen LogP) is 4.03. The molecule has 4 rings (SSSR count). The van der Waals surface area contributed by atoms with E-state index in [9.17, 15) is 9.18 Å². The lowest BCUT2D eigenvalue weighted by Gasteiger charge is -2.42. The van der Waals surface area contributed by atoms with Crippen LogP contribution in [0.25, 0.3) is 0 Å². The fraction of sp³-hybridized carbons (Fsp3) is 0.520. The number of halogens is 1. The zero-order chi connectivity index (χ0) is 21.8. The minimum Gasteiger partial charge on any atom is -0.381 e. The van der Waals surface area contributed by atoms with Gasteiger partial charge in [0, 0.05) is 52.5 Å². The Kier molecular flexibility index (Phi) is 6.56. The molecular formula is C25H32FN3O2. The van der Waals surface area contributed by atoms with Crippen LogP contribution in [-0.4, -0.2) is 56.2 Å². The second kappa shape index (κ2) is 9.35. The van der Waals surface area contributed by atoms with E-state index >= 15 is 0 Å². The molecule has 5 nitrogen and oxygen atoms in total. The highest BCUT2D eigenvalue weighted by molar-refractivity contribution is 5.83. The number of likely N-dealkylation sites (tertiary alicyclic amines) is 1. The normalized spacial score (nSPS) is 21.0. The molecule has 1 aromatic carbocycles. The molecule has 6 heteroatoms. The number of benzene rings is 1. The van der Waals surface area contributed by atoms with Gasteiger partial charge in [0.1, 0.15) is 11.6 Å². The molecular weight excluding hydrogens is 393 g/mol. The summed E-state index contributed by atoms with van der Waals surface area (Å²) in [7, 11) is 3.97. The molecule has 1 amide bonds. The maximum absolute atomic E-state index is 14.4. The summed E-state index contributed by atoms with van der Waals surface area (Å²) >= 11 is 0. The van der Waals surface area contributed by atoms with Crippen molar-refractivity contribution in [3.8, 4) is 0 Å². The number of amides is 1. The number of piperidine rings is 1. The third-order valence-corrected chi connectivity index (χ3v) is 6.80. The van der Waals surface area contributed by atoms with Crippen LogP contribution < -0.4 is 4.90 Å². The first-order valence-electron chi connectivity index (χ1n) is 11.2. The van der Waals surface area contributed by atoms with Crippen LogP contribution in [0, 0.1) is 11.2 Å². The zero-order valence-corrected chi connectivity index (χ0v) is 18.5. The van der Waals surface area contributed by atoms with E-state index in [2.05, 4.69) is 17.1 Å². The van der Waals surface area contributed by atoms with Crippen molar-refractivity contribution in [2.24, 2.45) is 5.41 Å². The van der Waals surface area contributed by atoms with Gasteiger partial charge in [0.05, 0.1) is 5.41 Å². The molecule has 1 atom stereocenters. The van der Waals surface area contributed by atoms with Gasteiger partial charge < -0.3 is 14.5 Å². The average Bonchev–Trinajstić information content (AvgIpc) is 2.81. The maximum Gasteiger partial charge on any atom is 0.229 e. The third-order valence-electron chi connectivity index (χ3n) is 6.80. The summed E-state index contributed by atoms with van der Waals surface area (Å²) in [6, 6.07) is 11.0. The van der Waals surface area contributed by atoms with Crippen LogP contribution in [0.2, 0.25) is 0 Å². The highest BCUT2D eigenvalue weighted by Crippen LogP contribution is 2.39. The van der Waals surface area contributed by atoms with Gasteiger partial charge in [0.15, 0.2) is 0 Å². The van der Waals surface area contributed by atoms with E-state index in [1.807, 2.05) is 36.2 Å². The molecule has 31 heavy (non-hydrogen) atoms. The summed E-state index contributed by atoms with van der Waals surface area (Å²) in [5.74, 6) is 1.16. The van der Waals surface area contributed by atoms with Crippen molar-refractivity contribution >= 4 is 11.7 Å². The first kappa shape index (κ1) is 21.8. The second-order valence-corrected chi connectivity index (χ2v) is 9.09. The van der Waals surface area contributed by atoms with Crippen LogP contribution in [-0.2, 0) is 16.0 Å². The SMILES string of the molecule is CN(C)c1cc([C@@H]2CCCN(C(=O)C3(Cc4ccccc4F)CCOCC3)C2)ccn1. The quantitative estimate of drug-likeness (QED) is 0.726. The van der Waals surface area contributed by atoms with Gasteiger partial charge in [-0.2, -0.15) is 0 Å². The summed E-state index contributed by atoms with van der Waals surface area (Å²) < 4.78 is 20.0. The molecule has 2 aliphatic rings. The first-order chi connectivity index (χ1) is 15.0. The van der Waals surface area contributed by atoms with E-state index in [-0.39, 0.29) is 11.7 Å². The molecule has 0 N–H and O–H groups in total. The molecule has 0 aliphatic carbocycles. The van der Waals surface area contributed by atoms with E-state index in [4.69, 9.17) is 4.74 Å². The molecule has 2 fully saturated rings. The van der Waals surface area contributed by atoms with Crippen molar-refractivity contribution in [1.29, 1.82) is 0 Å². The summed E-state index contributed by atoms with van der Waals surface area (Å²) in [5.41, 5.74) is 1.26. The van der Waals surface area contributed by atoms with Crippen LogP contribution in [0.3, 0.4) is 0 Å². The molecule has 0 radical (unpaired) electrons. The average molecular weight is 426 g/mol. The van der Waals surface area contributed by atoms with Crippen LogP contribution in [0.5, 0.6) is 0 Å². The molecule has 0 bridgehead atoms. The largest absolute Gasteiger partial charge is 0.381 e. The highest BCUT2D eigenvalue weighted by atomic mass is 19.1. The summed E-state index contributed by atoms with van der Waals surface area (Å²) in [6.07, 6.45) is 5.60. The molecule has 0 unspecified atom stereocenters. The van der Waals surface area contributed by atoms with Gasteiger partial charge in [-0.05, 0) is 61.4 Å². The summed E-state index contributed by atoms with van der Waals surface area (Å²) in [5, 5.41) is 0. The lowest BCUT2D eigenvalue weighted by molar-refractivity contribution is -0.149. The van der Waals surface area contributed by atoms with Crippen molar-refractivity contribution in [3.63, 3.8) is 0 Å². The number of hydrogen-bond donors (Lipinski definition) is 0. The third kappa shape index (κ3) is 4.74. The maximum atomic E-state index is 14.4. The van der Waals surface area contributed by atoms with E-state index in [1.165, 1.54) is 11.6 Å². The fourth-order valence-electron chi connectivity index (χ4n) is 4.94. The highest BCUT2D eigenvalue weighted by Gasteiger charge is 2.44. The lowest BCUT2D eigenvalue weighted by Crippen LogP contribution is -2.51. The monoisotopic (exact) mass is 425 g/mol. The molecule has 0 saturated carbocycles. The zero-order valence-electron chi connectivity index (χ0n) is 18.5. The minimum absolute atomic E-state index is 0.158. The molecule has 2 saturated heterocycles. The Morgan fingerprint density at radius 2 is 2.03 bits per heavy atom. The number of aromatic nitrogens is 1. The van der Waals surface area contributed by atoms with E-state index in [0.717, 1.165) is 25.2 Å². The van der Waals surface area contributed by atoms with Crippen molar-refractivity contribution in [2.45, 2.75) is 38.0 Å². The number of carbonyl (C=O) groups is 1. The van der Waals surface area contributed by atoms with Gasteiger partial charge in [0.2, 0.25) is 5.91 Å². The molecule has 0 spiro atoms. The molecule has 166 valence electrons. The Morgan fingerprint density at radius 1 is 1.26 bits per heavy atom. The molecule has 3 heterocycles. The van der Waals surface area contributed by atoms with Gasteiger partial charge >= 0.3 is 0 Å². The number of ether oxygens (including phenoxy) is 1. The van der Waals surface area contributed by atoms with Crippen LogP contribution in [0.1, 0.15) is 42.7 Å². The van der Waals surface area contributed by atoms with Crippen molar-refractivity contribution in [3.05, 3.63) is 59.5 Å². The van der Waals surface area contributed by atoms with Crippen molar-refractivity contribution in [1.82, 2.24) is 9.88 Å². The Morgan fingerprint density at radius 3 is 2.77 bits per heavy atom. The van der Waals surface area contributed by atoms with E-state index < -0.39 is 5.41 Å². The fourth-order valence-corrected chi connectivity index (χ4v) is 4.94. The van der Waals surface area contributed by atoms with E-state index in [1.54, 1.807) is 12.1 Å². The van der Waals surface area contributed by atoms with Gasteiger partial charge in [-0.15, -0.1) is 0 Å². The number of hydrogen-bond acceptors (Lipinski definition) is 4. The van der Waals surface area contributed by atoms with Crippen LogP contribution in [0.15, 0.2) is 42.6 Å². The molecule has 2 aliphatic heterocycles. The minimum atomic E-state index is -0.588. The number of anilines is 1. The predicted molar refractivity (Wildman–Crippen MR) is 120 cm³/mol. The number of pyridine rings is 1. The van der Waals surface area contributed by atoms with Crippen LogP contribution >= 0.6 is 0 Å². The van der Waals surface area contributed by atoms with Gasteiger partial charge in [-0.3, -0.25) is 4.79 Å². The topological polar surface area (TPSA) is 45.7 Å². The Hall–Kier alpha value is -2.47. The second-order valence-electron chi connectivity index (χ2n) is 9.09. The van der Waals surface area contributed by atoms with E-state index in [0.29, 0.717) is 50.5 Å². The van der Waals surface area contributed by atoms with Crippen molar-refractivity contribution in [2.75, 3.05) is 45.3 Å². The van der Waals surface area contributed by atoms with Gasteiger partial charge in [-0.25, -0.2) is 9.37 Å². The summed E-state index contributed by atoms with van der Waals surface area (Å²) in [6.45, 7) is 2.57. The Labute approximate surface area is 184 Å². The van der Waals surface area contributed by atoms with Crippen molar-refractivity contribution < 1.29 is 13.9 Å². The smallest absolute Gasteiger partial charge is 0.229 e. The number of rotatable bonds is 5. The summed E-state index contributed by atoms with van der Waals surface area (Å²) in [4.78, 5) is 22.3. The first-order valence-corrected chi connectivity index (χ1v) is 11.2. The van der Waals surface area contributed by atoms with Gasteiger partial charge in [0.25, 0.3) is 0 Å². The van der Waals surface area contributed by atoms with Crippen LogP contribution in [0.4, 0.5) is 10.2 Å². The lowest BCUT2D eigenvalue weighted by atomic mass is 9.73.